The molecule has 0 bridgehead atoms. The summed E-state index contributed by atoms with van der Waals surface area (Å²) in [5, 5.41) is 13.9. The predicted octanol–water partition coefficient (Wildman–Crippen LogP) is 4.04. The summed E-state index contributed by atoms with van der Waals surface area (Å²) in [4.78, 5) is 22.8. The Morgan fingerprint density at radius 3 is 2.82 bits per heavy atom. The molecule has 1 aliphatic heterocycles. The SMILES string of the molecule is COc1ccc2c(c1)OC(C)(C)C[C@H]2NC(=O)/C=C/c1cccc([N+](=O)[O-])c1. The van der Waals surface area contributed by atoms with Gasteiger partial charge in [0.15, 0.2) is 0 Å². The van der Waals surface area contributed by atoms with Crippen molar-refractivity contribution >= 4 is 17.7 Å². The summed E-state index contributed by atoms with van der Waals surface area (Å²) < 4.78 is 11.3. The van der Waals surface area contributed by atoms with E-state index in [1.807, 2.05) is 32.0 Å². The maximum atomic E-state index is 12.5. The molecule has 0 saturated heterocycles. The molecule has 7 nitrogen and oxygen atoms in total. The molecule has 1 aliphatic rings. The Labute approximate surface area is 163 Å². The third-order valence-corrected chi connectivity index (χ3v) is 4.50. The Morgan fingerprint density at radius 1 is 1.32 bits per heavy atom. The second-order valence-electron chi connectivity index (χ2n) is 7.22. The second-order valence-corrected chi connectivity index (χ2v) is 7.22. The molecule has 0 fully saturated rings. The van der Waals surface area contributed by atoms with E-state index in [1.54, 1.807) is 25.3 Å². The molecule has 7 heteroatoms. The van der Waals surface area contributed by atoms with Gasteiger partial charge in [-0.05, 0) is 37.6 Å². The summed E-state index contributed by atoms with van der Waals surface area (Å²) in [6, 6.07) is 11.4. The number of rotatable bonds is 5. The number of ether oxygens (including phenoxy) is 2. The van der Waals surface area contributed by atoms with Gasteiger partial charge >= 0.3 is 0 Å². The molecule has 0 unspecified atom stereocenters. The largest absolute Gasteiger partial charge is 0.497 e. The lowest BCUT2D eigenvalue weighted by molar-refractivity contribution is -0.384. The number of nitrogens with one attached hydrogen (secondary N) is 1. The maximum Gasteiger partial charge on any atom is 0.270 e. The summed E-state index contributed by atoms with van der Waals surface area (Å²) in [5.74, 6) is 1.09. The van der Waals surface area contributed by atoms with E-state index in [9.17, 15) is 14.9 Å². The zero-order chi connectivity index (χ0) is 20.3. The van der Waals surface area contributed by atoms with Crippen LogP contribution in [-0.4, -0.2) is 23.5 Å². The number of non-ortho nitro benzene ring substituents is 1. The van der Waals surface area contributed by atoms with Crippen molar-refractivity contribution in [3.63, 3.8) is 0 Å². The van der Waals surface area contributed by atoms with E-state index < -0.39 is 10.5 Å². The third kappa shape index (κ3) is 4.49. The molecule has 2 aromatic rings. The van der Waals surface area contributed by atoms with Gasteiger partial charge in [0.1, 0.15) is 17.1 Å². The van der Waals surface area contributed by atoms with Crippen molar-refractivity contribution in [3.8, 4) is 11.5 Å². The van der Waals surface area contributed by atoms with Crippen LogP contribution in [0, 0.1) is 10.1 Å². The van der Waals surface area contributed by atoms with E-state index in [0.29, 0.717) is 23.5 Å². The lowest BCUT2D eigenvalue weighted by Gasteiger charge is -2.37. The molecule has 1 N–H and O–H groups in total. The second kappa shape index (κ2) is 7.72. The van der Waals surface area contributed by atoms with Crippen LogP contribution in [0.2, 0.25) is 0 Å². The number of methoxy groups -OCH3 is 1. The number of amides is 1. The third-order valence-electron chi connectivity index (χ3n) is 4.50. The highest BCUT2D eigenvalue weighted by atomic mass is 16.6. The van der Waals surface area contributed by atoms with E-state index in [2.05, 4.69) is 5.32 Å². The van der Waals surface area contributed by atoms with Crippen LogP contribution >= 0.6 is 0 Å². The number of hydrogen-bond acceptors (Lipinski definition) is 5. The van der Waals surface area contributed by atoms with Crippen LogP contribution in [0.5, 0.6) is 11.5 Å². The van der Waals surface area contributed by atoms with Crippen molar-refractivity contribution in [2.45, 2.75) is 31.9 Å². The fourth-order valence-corrected chi connectivity index (χ4v) is 3.22. The monoisotopic (exact) mass is 382 g/mol. The molecule has 1 heterocycles. The molecule has 0 aliphatic carbocycles. The first-order chi connectivity index (χ1) is 13.3. The molecule has 1 atom stereocenters. The first-order valence-corrected chi connectivity index (χ1v) is 8.87. The maximum absolute atomic E-state index is 12.5. The summed E-state index contributed by atoms with van der Waals surface area (Å²) in [6.07, 6.45) is 3.55. The highest BCUT2D eigenvalue weighted by Crippen LogP contribution is 2.41. The highest BCUT2D eigenvalue weighted by molar-refractivity contribution is 5.92. The highest BCUT2D eigenvalue weighted by Gasteiger charge is 2.34. The van der Waals surface area contributed by atoms with E-state index >= 15 is 0 Å². The molecule has 3 rings (SSSR count). The van der Waals surface area contributed by atoms with Gasteiger partial charge in [-0.1, -0.05) is 12.1 Å². The summed E-state index contributed by atoms with van der Waals surface area (Å²) in [6.45, 7) is 3.93. The number of nitro groups is 1. The molecule has 0 radical (unpaired) electrons. The van der Waals surface area contributed by atoms with Gasteiger partial charge in [-0.15, -0.1) is 0 Å². The summed E-state index contributed by atoms with van der Waals surface area (Å²) >= 11 is 0. The molecule has 0 saturated carbocycles. The van der Waals surface area contributed by atoms with Crippen LogP contribution in [0.4, 0.5) is 5.69 Å². The molecule has 1 amide bonds. The lowest BCUT2D eigenvalue weighted by atomic mass is 9.89. The predicted molar refractivity (Wildman–Crippen MR) is 105 cm³/mol. The molecular weight excluding hydrogens is 360 g/mol. The molecule has 2 aromatic carbocycles. The standard InChI is InChI=1S/C21H22N2O5/c1-21(2)13-18(17-9-8-16(27-3)12-19(17)28-21)22-20(24)10-7-14-5-4-6-15(11-14)23(25)26/h4-12,18H,13H2,1-3H3,(H,22,24)/b10-7+/t18-/m1/s1. The van der Waals surface area contributed by atoms with Gasteiger partial charge in [-0.25, -0.2) is 0 Å². The quantitative estimate of drug-likeness (QED) is 0.479. The fraction of sp³-hybridized carbons (Fsp3) is 0.286. The number of nitro benzene ring substituents is 1. The van der Waals surface area contributed by atoms with E-state index in [1.165, 1.54) is 18.2 Å². The zero-order valence-corrected chi connectivity index (χ0v) is 16.0. The molecule has 0 spiro atoms. The van der Waals surface area contributed by atoms with Crippen LogP contribution in [-0.2, 0) is 4.79 Å². The number of benzene rings is 2. The van der Waals surface area contributed by atoms with Gasteiger partial charge in [-0.2, -0.15) is 0 Å². The smallest absolute Gasteiger partial charge is 0.270 e. The van der Waals surface area contributed by atoms with Crippen molar-refractivity contribution in [3.05, 3.63) is 69.8 Å². The normalized spacial score (nSPS) is 17.5. The first-order valence-electron chi connectivity index (χ1n) is 8.87. The van der Waals surface area contributed by atoms with E-state index in [4.69, 9.17) is 9.47 Å². The van der Waals surface area contributed by atoms with Crippen molar-refractivity contribution in [2.75, 3.05) is 7.11 Å². The van der Waals surface area contributed by atoms with E-state index in [0.717, 1.165) is 5.56 Å². The number of carbonyl (C=O) groups excluding carboxylic acids is 1. The average Bonchev–Trinajstić information content (AvgIpc) is 2.65. The Morgan fingerprint density at radius 2 is 2.11 bits per heavy atom. The first kappa shape index (κ1) is 19.4. The van der Waals surface area contributed by atoms with Crippen LogP contribution < -0.4 is 14.8 Å². The van der Waals surface area contributed by atoms with Gasteiger partial charge in [-0.3, -0.25) is 14.9 Å². The van der Waals surface area contributed by atoms with Gasteiger partial charge in [0.25, 0.3) is 5.69 Å². The van der Waals surface area contributed by atoms with Gasteiger partial charge in [0.05, 0.1) is 18.1 Å². The number of fused-ring (bicyclic) bond motifs is 1. The molecular formula is C21H22N2O5. The Kier molecular flexibility index (Phi) is 5.35. The number of carbonyl (C=O) groups is 1. The molecule has 0 aromatic heterocycles. The Balaban J connectivity index is 1.77. The fourth-order valence-electron chi connectivity index (χ4n) is 3.22. The minimum atomic E-state index is -0.466. The number of hydrogen-bond donors (Lipinski definition) is 1. The lowest BCUT2D eigenvalue weighted by Crippen LogP contribution is -2.40. The van der Waals surface area contributed by atoms with Crippen LogP contribution in [0.3, 0.4) is 0 Å². The van der Waals surface area contributed by atoms with Crippen molar-refractivity contribution < 1.29 is 19.2 Å². The van der Waals surface area contributed by atoms with Gasteiger partial charge < -0.3 is 14.8 Å². The molecule has 146 valence electrons. The summed E-state index contributed by atoms with van der Waals surface area (Å²) in [5.41, 5.74) is 1.01. The van der Waals surface area contributed by atoms with Crippen LogP contribution in [0.25, 0.3) is 6.08 Å². The van der Waals surface area contributed by atoms with Crippen molar-refractivity contribution in [1.82, 2.24) is 5.32 Å². The van der Waals surface area contributed by atoms with Crippen LogP contribution in [0.1, 0.15) is 37.4 Å². The summed E-state index contributed by atoms with van der Waals surface area (Å²) in [7, 11) is 1.59. The van der Waals surface area contributed by atoms with E-state index in [-0.39, 0.29) is 17.6 Å². The minimum absolute atomic E-state index is 0.0170. The van der Waals surface area contributed by atoms with Crippen molar-refractivity contribution in [1.29, 1.82) is 0 Å². The molecule has 28 heavy (non-hydrogen) atoms. The number of nitrogens with zero attached hydrogens (tertiary/aromatic N) is 1. The van der Waals surface area contributed by atoms with Gasteiger partial charge in [0, 0.05) is 36.3 Å². The average molecular weight is 382 g/mol. The van der Waals surface area contributed by atoms with Gasteiger partial charge in [0.2, 0.25) is 5.91 Å². The minimum Gasteiger partial charge on any atom is -0.497 e. The van der Waals surface area contributed by atoms with Crippen molar-refractivity contribution in [2.24, 2.45) is 0 Å². The Bertz CT molecular complexity index is 936. The Hall–Kier alpha value is -3.35. The zero-order valence-electron chi connectivity index (χ0n) is 16.0. The topological polar surface area (TPSA) is 90.7 Å². The van der Waals surface area contributed by atoms with Crippen LogP contribution in [0.15, 0.2) is 48.5 Å².